The van der Waals surface area contributed by atoms with Gasteiger partial charge in [-0.15, -0.1) is 0 Å². The third-order valence-electron chi connectivity index (χ3n) is 3.90. The average Bonchev–Trinajstić information content (AvgIpc) is 2.65. The van der Waals surface area contributed by atoms with Gasteiger partial charge in [0.2, 0.25) is 0 Å². The summed E-state index contributed by atoms with van der Waals surface area (Å²) in [7, 11) is -2.49. The second-order valence-corrected chi connectivity index (χ2v) is 8.77. The Morgan fingerprint density at radius 3 is 2.38 bits per heavy atom. The molecule has 1 amide bonds. The molecule has 0 fully saturated rings. The fraction of sp³-hybridized carbons (Fsp3) is 0.353. The van der Waals surface area contributed by atoms with Gasteiger partial charge in [-0.25, -0.2) is 13.3 Å². The highest BCUT2D eigenvalue weighted by Crippen LogP contribution is 2.30. The first-order valence-electron chi connectivity index (χ1n) is 8.65. The zero-order valence-corrected chi connectivity index (χ0v) is 18.6. The molecule has 176 valence electrons. The molecule has 0 bridgehead atoms. The molecule has 0 atom stereocenters. The average molecular weight is 501 g/mol. The fourth-order valence-electron chi connectivity index (χ4n) is 2.49. The molecule has 0 radical (unpaired) electrons. The molecule has 2 aromatic rings. The minimum atomic E-state index is -4.98. The molecule has 2 rings (SSSR count). The summed E-state index contributed by atoms with van der Waals surface area (Å²) in [6.45, 7) is 3.02. The SMILES string of the molecule is COc1nc(C(F)(F)F)cc(=O)n1-c1cc(C(=O)N(C)S(=O)(=O)NC(C)C)c(Cl)cc1F. The molecule has 0 aliphatic carbocycles. The summed E-state index contributed by atoms with van der Waals surface area (Å²) in [4.78, 5) is 28.2. The van der Waals surface area contributed by atoms with Crippen molar-refractivity contribution in [3.8, 4) is 11.7 Å². The number of carbonyl (C=O) groups is 1. The van der Waals surface area contributed by atoms with E-state index in [1.807, 2.05) is 0 Å². The van der Waals surface area contributed by atoms with Gasteiger partial charge in [0.25, 0.3) is 11.5 Å². The van der Waals surface area contributed by atoms with E-state index >= 15 is 0 Å². The smallest absolute Gasteiger partial charge is 0.433 e. The number of aromatic nitrogens is 2. The Bertz CT molecular complexity index is 1210. The maximum Gasteiger partial charge on any atom is 0.433 e. The summed E-state index contributed by atoms with van der Waals surface area (Å²) in [6, 6.07) is -0.0617. The molecule has 0 aliphatic heterocycles. The van der Waals surface area contributed by atoms with Crippen LogP contribution < -0.4 is 15.0 Å². The largest absolute Gasteiger partial charge is 0.468 e. The van der Waals surface area contributed by atoms with Crippen molar-refractivity contribution in [3.05, 3.63) is 50.7 Å². The van der Waals surface area contributed by atoms with Crippen LogP contribution in [0.3, 0.4) is 0 Å². The normalized spacial score (nSPS) is 12.2. The molecule has 0 saturated heterocycles. The van der Waals surface area contributed by atoms with E-state index in [0.29, 0.717) is 21.0 Å². The monoisotopic (exact) mass is 500 g/mol. The molecule has 0 saturated carbocycles. The van der Waals surface area contributed by atoms with Crippen LogP contribution in [0.2, 0.25) is 5.02 Å². The van der Waals surface area contributed by atoms with Gasteiger partial charge >= 0.3 is 22.4 Å². The van der Waals surface area contributed by atoms with E-state index in [2.05, 4.69) is 9.71 Å². The van der Waals surface area contributed by atoms with Gasteiger partial charge < -0.3 is 4.74 Å². The van der Waals surface area contributed by atoms with Crippen LogP contribution in [0.15, 0.2) is 23.0 Å². The number of amides is 1. The Balaban J connectivity index is 2.69. The summed E-state index contributed by atoms with van der Waals surface area (Å²) >= 11 is 5.90. The van der Waals surface area contributed by atoms with Crippen LogP contribution in [0.1, 0.15) is 29.9 Å². The van der Waals surface area contributed by atoms with Gasteiger partial charge in [0, 0.05) is 19.2 Å². The summed E-state index contributed by atoms with van der Waals surface area (Å²) in [5.41, 5.74) is -4.23. The molecule has 0 spiro atoms. The number of alkyl halides is 3. The van der Waals surface area contributed by atoms with Crippen molar-refractivity contribution < 1.29 is 35.5 Å². The Hall–Kier alpha value is -2.71. The highest BCUT2D eigenvalue weighted by Gasteiger charge is 2.35. The van der Waals surface area contributed by atoms with Crippen LogP contribution in [0, 0.1) is 5.82 Å². The third-order valence-corrected chi connectivity index (χ3v) is 5.87. The van der Waals surface area contributed by atoms with Crippen molar-refractivity contribution in [2.24, 2.45) is 0 Å². The summed E-state index contributed by atoms with van der Waals surface area (Å²) in [6.07, 6.45) is -4.98. The van der Waals surface area contributed by atoms with Crippen molar-refractivity contribution in [2.75, 3.05) is 14.2 Å². The predicted molar refractivity (Wildman–Crippen MR) is 106 cm³/mol. The Morgan fingerprint density at radius 2 is 1.88 bits per heavy atom. The molecule has 0 unspecified atom stereocenters. The maximum atomic E-state index is 14.6. The molecule has 1 heterocycles. The van der Waals surface area contributed by atoms with E-state index in [4.69, 9.17) is 16.3 Å². The molecule has 15 heteroatoms. The number of hydrogen-bond acceptors (Lipinski definition) is 6. The van der Waals surface area contributed by atoms with Gasteiger partial charge in [0.05, 0.1) is 23.4 Å². The van der Waals surface area contributed by atoms with Crippen LogP contribution >= 0.6 is 11.6 Å². The Kier molecular flexibility index (Phi) is 7.21. The number of nitrogens with one attached hydrogen (secondary N) is 1. The number of halogens is 5. The standard InChI is InChI=1S/C17H17ClF4N4O5S/c1-8(2)24-32(29,30)25(3)15(28)9-5-12(11(19)6-10(9)18)26-14(27)7-13(17(20,21)22)23-16(26)31-4/h5-8,24H,1-4H3. The number of benzene rings is 1. The lowest BCUT2D eigenvalue weighted by Crippen LogP contribution is -2.44. The number of methoxy groups -OCH3 is 1. The maximum absolute atomic E-state index is 14.6. The molecular weight excluding hydrogens is 484 g/mol. The molecule has 9 nitrogen and oxygen atoms in total. The summed E-state index contributed by atoms with van der Waals surface area (Å²) in [5, 5.41) is -0.505. The summed E-state index contributed by atoms with van der Waals surface area (Å²) < 4.78 is 85.5. The lowest BCUT2D eigenvalue weighted by atomic mass is 10.1. The topological polar surface area (TPSA) is 111 Å². The van der Waals surface area contributed by atoms with E-state index in [1.165, 1.54) is 13.8 Å². The van der Waals surface area contributed by atoms with E-state index in [1.54, 1.807) is 0 Å². The van der Waals surface area contributed by atoms with Crippen LogP contribution in [0.5, 0.6) is 6.01 Å². The first kappa shape index (κ1) is 25.5. The van der Waals surface area contributed by atoms with Gasteiger partial charge in [-0.3, -0.25) is 9.59 Å². The zero-order valence-electron chi connectivity index (χ0n) is 17.0. The Morgan fingerprint density at radius 1 is 1.28 bits per heavy atom. The van der Waals surface area contributed by atoms with Crippen LogP contribution in [0.25, 0.3) is 5.69 Å². The van der Waals surface area contributed by atoms with Crippen LogP contribution in [0.4, 0.5) is 17.6 Å². The number of carbonyl (C=O) groups excluding carboxylic acids is 1. The van der Waals surface area contributed by atoms with Gasteiger partial charge in [-0.2, -0.15) is 31.3 Å². The van der Waals surface area contributed by atoms with Crippen molar-refractivity contribution >= 4 is 27.7 Å². The number of hydrogen-bond donors (Lipinski definition) is 1. The molecule has 32 heavy (non-hydrogen) atoms. The van der Waals surface area contributed by atoms with Crippen molar-refractivity contribution in [3.63, 3.8) is 0 Å². The van der Waals surface area contributed by atoms with Gasteiger partial charge in [0.1, 0.15) is 5.82 Å². The third kappa shape index (κ3) is 5.19. The van der Waals surface area contributed by atoms with E-state index in [-0.39, 0.29) is 6.07 Å². The van der Waals surface area contributed by atoms with Crippen LogP contribution in [-0.4, -0.2) is 48.4 Å². The minimum absolute atomic E-state index is 0.112. The lowest BCUT2D eigenvalue weighted by Gasteiger charge is -2.21. The number of ether oxygens (including phenoxy) is 1. The van der Waals surface area contributed by atoms with Gasteiger partial charge in [-0.05, 0) is 26.0 Å². The quantitative estimate of drug-likeness (QED) is 0.610. The highest BCUT2D eigenvalue weighted by atomic mass is 35.5. The summed E-state index contributed by atoms with van der Waals surface area (Å²) in [5.74, 6) is -2.41. The predicted octanol–water partition coefficient (Wildman–Crippen LogP) is 2.37. The van der Waals surface area contributed by atoms with Crippen molar-refractivity contribution in [2.45, 2.75) is 26.1 Å². The van der Waals surface area contributed by atoms with Crippen LogP contribution in [-0.2, 0) is 16.4 Å². The second kappa shape index (κ2) is 9.03. The first-order valence-corrected chi connectivity index (χ1v) is 10.5. The fourth-order valence-corrected chi connectivity index (χ4v) is 3.80. The molecule has 0 aliphatic rings. The van der Waals surface area contributed by atoms with E-state index < -0.39 is 67.7 Å². The number of nitrogens with zero attached hydrogens (tertiary/aromatic N) is 3. The van der Waals surface area contributed by atoms with Gasteiger partial charge in [-0.1, -0.05) is 11.6 Å². The van der Waals surface area contributed by atoms with E-state index in [0.717, 1.165) is 14.2 Å². The molecule has 1 N–H and O–H groups in total. The minimum Gasteiger partial charge on any atom is -0.468 e. The number of rotatable bonds is 6. The van der Waals surface area contributed by atoms with Gasteiger partial charge in [0.15, 0.2) is 5.69 Å². The second-order valence-electron chi connectivity index (χ2n) is 6.63. The highest BCUT2D eigenvalue weighted by molar-refractivity contribution is 7.87. The molecule has 1 aromatic carbocycles. The van der Waals surface area contributed by atoms with Crippen molar-refractivity contribution in [1.29, 1.82) is 0 Å². The lowest BCUT2D eigenvalue weighted by molar-refractivity contribution is -0.141. The van der Waals surface area contributed by atoms with Crippen molar-refractivity contribution in [1.82, 2.24) is 18.6 Å². The Labute approximate surface area is 184 Å². The molecular formula is C17H17ClF4N4O5S. The first-order chi connectivity index (χ1) is 14.6. The van der Waals surface area contributed by atoms with E-state index in [9.17, 15) is 35.6 Å². The molecule has 1 aromatic heterocycles. The zero-order chi connectivity index (χ0) is 24.6.